The molecule has 1 spiro atoms. The van der Waals surface area contributed by atoms with Gasteiger partial charge in [-0.1, -0.05) is 56.2 Å². The fraction of sp³-hybridized carbons (Fsp3) is 0.276. The highest BCUT2D eigenvalue weighted by atomic mass is 16.2. The van der Waals surface area contributed by atoms with Crippen LogP contribution in [0.15, 0.2) is 71.2 Å². The zero-order valence-corrected chi connectivity index (χ0v) is 20.1. The van der Waals surface area contributed by atoms with Gasteiger partial charge < -0.3 is 5.73 Å². The summed E-state index contributed by atoms with van der Waals surface area (Å²) in [6, 6.07) is 17.2. The standard InChI is InChI=1S/C29H26N4O2/c1-5-14-32-22-13-9-7-11-19(22)29(27(32)35)20(17-30)26(31)33(21-12-8-6-10-18(21)2)23-15-28(3,4)16-24(34)25(23)29/h1,6-13H,14-16,31H2,2-4H3/t29-/m1/s1. The molecular formula is C29H26N4O2. The number of nitrogens with zero attached hydrogens (tertiary/aromatic N) is 3. The molecule has 0 saturated carbocycles. The Morgan fingerprint density at radius 2 is 1.71 bits per heavy atom. The Kier molecular flexibility index (Phi) is 4.90. The van der Waals surface area contributed by atoms with Crippen LogP contribution in [0, 0.1) is 36.0 Å². The molecule has 0 saturated heterocycles. The topological polar surface area (TPSA) is 90.4 Å². The first-order valence-corrected chi connectivity index (χ1v) is 11.6. The van der Waals surface area contributed by atoms with Crippen LogP contribution in [0.3, 0.4) is 0 Å². The largest absolute Gasteiger partial charge is 0.384 e. The zero-order chi connectivity index (χ0) is 25.1. The second-order valence-corrected chi connectivity index (χ2v) is 10.1. The summed E-state index contributed by atoms with van der Waals surface area (Å²) in [4.78, 5) is 31.6. The number of nitriles is 1. The number of amides is 1. The normalized spacial score (nSPS) is 22.8. The molecule has 0 aromatic heterocycles. The molecule has 2 aliphatic heterocycles. The Labute approximate surface area is 205 Å². The van der Waals surface area contributed by atoms with Crippen molar-refractivity contribution in [2.45, 2.75) is 39.0 Å². The van der Waals surface area contributed by atoms with Crippen molar-refractivity contribution < 1.29 is 9.59 Å². The fourth-order valence-electron chi connectivity index (χ4n) is 5.89. The maximum atomic E-state index is 14.3. The number of terminal acetylenes is 1. The van der Waals surface area contributed by atoms with Gasteiger partial charge >= 0.3 is 0 Å². The first-order valence-electron chi connectivity index (χ1n) is 11.6. The Bertz CT molecular complexity index is 1450. The minimum Gasteiger partial charge on any atom is -0.384 e. The fourth-order valence-corrected chi connectivity index (χ4v) is 5.89. The number of hydrogen-bond donors (Lipinski definition) is 1. The van der Waals surface area contributed by atoms with Crippen molar-refractivity contribution in [1.82, 2.24) is 0 Å². The summed E-state index contributed by atoms with van der Waals surface area (Å²) in [6.07, 6.45) is 6.40. The Balaban J connectivity index is 1.93. The van der Waals surface area contributed by atoms with Gasteiger partial charge in [-0.3, -0.25) is 19.4 Å². The van der Waals surface area contributed by atoms with Crippen molar-refractivity contribution in [2.75, 3.05) is 16.3 Å². The van der Waals surface area contributed by atoms with Crippen LogP contribution in [0.1, 0.15) is 37.8 Å². The van der Waals surface area contributed by atoms with Crippen LogP contribution in [0.2, 0.25) is 0 Å². The number of Topliss-reactive ketones (excluding diaryl/α,β-unsaturated/α-hetero) is 1. The van der Waals surface area contributed by atoms with Crippen LogP contribution in [0.5, 0.6) is 0 Å². The number of hydrogen-bond acceptors (Lipinski definition) is 5. The molecular weight excluding hydrogens is 436 g/mol. The smallest absolute Gasteiger partial charge is 0.248 e. The lowest BCUT2D eigenvalue weighted by atomic mass is 9.60. The van der Waals surface area contributed by atoms with Crippen LogP contribution >= 0.6 is 0 Å². The van der Waals surface area contributed by atoms with E-state index in [9.17, 15) is 14.9 Å². The summed E-state index contributed by atoms with van der Waals surface area (Å²) in [5.74, 6) is 2.16. The monoisotopic (exact) mass is 462 g/mol. The van der Waals surface area contributed by atoms with Gasteiger partial charge in [-0.2, -0.15) is 5.26 Å². The number of carbonyl (C=O) groups excluding carboxylic acids is 2. The third-order valence-corrected chi connectivity index (χ3v) is 7.25. The molecule has 5 rings (SSSR count). The van der Waals surface area contributed by atoms with Gasteiger partial charge in [0.15, 0.2) is 5.78 Å². The van der Waals surface area contributed by atoms with E-state index in [0.29, 0.717) is 28.9 Å². The Hall–Kier alpha value is -4.29. The number of benzene rings is 2. The predicted molar refractivity (Wildman–Crippen MR) is 135 cm³/mol. The van der Waals surface area contributed by atoms with Crippen molar-refractivity contribution in [1.29, 1.82) is 5.26 Å². The number of carbonyl (C=O) groups is 2. The summed E-state index contributed by atoms with van der Waals surface area (Å²) in [6.45, 7) is 6.05. The Morgan fingerprint density at radius 1 is 1.06 bits per heavy atom. The summed E-state index contributed by atoms with van der Waals surface area (Å²) in [5, 5.41) is 10.5. The quantitative estimate of drug-likeness (QED) is 0.680. The van der Waals surface area contributed by atoms with E-state index in [4.69, 9.17) is 12.2 Å². The van der Waals surface area contributed by atoms with Crippen LogP contribution < -0.4 is 15.5 Å². The highest BCUT2D eigenvalue weighted by Crippen LogP contribution is 2.58. The molecule has 6 heteroatoms. The molecule has 35 heavy (non-hydrogen) atoms. The third-order valence-electron chi connectivity index (χ3n) is 7.25. The number of allylic oxidation sites excluding steroid dienone is 1. The number of aryl methyl sites for hydroxylation is 1. The first-order chi connectivity index (χ1) is 16.7. The Morgan fingerprint density at radius 3 is 2.37 bits per heavy atom. The lowest BCUT2D eigenvalue weighted by Crippen LogP contribution is -2.54. The van der Waals surface area contributed by atoms with Gasteiger partial charge in [-0.25, -0.2) is 0 Å². The van der Waals surface area contributed by atoms with Gasteiger partial charge in [0.2, 0.25) is 5.91 Å². The van der Waals surface area contributed by atoms with Crippen molar-refractivity contribution in [2.24, 2.45) is 11.1 Å². The number of para-hydroxylation sites is 2. The summed E-state index contributed by atoms with van der Waals surface area (Å²) >= 11 is 0. The number of rotatable bonds is 2. The molecule has 0 radical (unpaired) electrons. The van der Waals surface area contributed by atoms with Gasteiger partial charge in [0, 0.05) is 28.9 Å². The van der Waals surface area contributed by atoms with Crippen molar-refractivity contribution in [3.05, 3.63) is 82.3 Å². The second-order valence-electron chi connectivity index (χ2n) is 10.1. The van der Waals surface area contributed by atoms with Crippen molar-refractivity contribution in [3.63, 3.8) is 0 Å². The number of anilines is 2. The highest BCUT2D eigenvalue weighted by Gasteiger charge is 2.63. The lowest BCUT2D eigenvalue weighted by Gasteiger charge is -2.47. The van der Waals surface area contributed by atoms with Crippen LogP contribution in [-0.2, 0) is 15.0 Å². The van der Waals surface area contributed by atoms with E-state index in [1.54, 1.807) is 12.1 Å². The van der Waals surface area contributed by atoms with Gasteiger partial charge in [-0.15, -0.1) is 6.42 Å². The molecule has 0 fully saturated rings. The molecule has 2 aromatic carbocycles. The van der Waals surface area contributed by atoms with E-state index in [1.807, 2.05) is 62.1 Å². The molecule has 6 nitrogen and oxygen atoms in total. The minimum absolute atomic E-state index is 0.0278. The van der Waals surface area contributed by atoms with Gasteiger partial charge in [0.25, 0.3) is 0 Å². The van der Waals surface area contributed by atoms with Gasteiger partial charge in [-0.05, 0) is 36.5 Å². The average Bonchev–Trinajstić information content (AvgIpc) is 3.03. The maximum absolute atomic E-state index is 14.3. The van der Waals surface area contributed by atoms with Crippen LogP contribution in [-0.4, -0.2) is 18.2 Å². The SMILES string of the molecule is C#CCN1C(=O)[C@@]2(C(C#N)=C(N)N(c3ccccc3C)C3=C2C(=O)CC(C)(C)C3)c2ccccc21. The molecule has 2 N–H and O–H groups in total. The summed E-state index contributed by atoms with van der Waals surface area (Å²) < 4.78 is 0. The molecule has 2 aromatic rings. The summed E-state index contributed by atoms with van der Waals surface area (Å²) in [7, 11) is 0. The first kappa shape index (κ1) is 22.5. The molecule has 2 heterocycles. The van der Waals surface area contributed by atoms with E-state index < -0.39 is 11.3 Å². The third kappa shape index (κ3) is 2.90. The highest BCUT2D eigenvalue weighted by molar-refractivity contribution is 6.21. The number of ketones is 1. The molecule has 1 amide bonds. The van der Waals surface area contributed by atoms with E-state index in [0.717, 1.165) is 11.3 Å². The van der Waals surface area contributed by atoms with Crippen LogP contribution in [0.4, 0.5) is 11.4 Å². The van der Waals surface area contributed by atoms with E-state index in [1.165, 1.54) is 4.90 Å². The zero-order valence-electron chi connectivity index (χ0n) is 20.1. The van der Waals surface area contributed by atoms with Gasteiger partial charge in [0.05, 0.1) is 17.8 Å². The summed E-state index contributed by atoms with van der Waals surface area (Å²) in [5.41, 5.74) is 8.80. The molecule has 174 valence electrons. The van der Waals surface area contributed by atoms with Gasteiger partial charge in [0.1, 0.15) is 17.3 Å². The minimum atomic E-state index is -1.62. The molecule has 0 unspecified atom stereocenters. The van der Waals surface area contributed by atoms with Crippen molar-refractivity contribution >= 4 is 23.1 Å². The van der Waals surface area contributed by atoms with Crippen molar-refractivity contribution in [3.8, 4) is 18.4 Å². The maximum Gasteiger partial charge on any atom is 0.248 e. The number of fused-ring (bicyclic) bond motifs is 3. The lowest BCUT2D eigenvalue weighted by molar-refractivity contribution is -0.125. The van der Waals surface area contributed by atoms with Crippen LogP contribution in [0.25, 0.3) is 0 Å². The molecule has 0 bridgehead atoms. The van der Waals surface area contributed by atoms with E-state index in [2.05, 4.69) is 12.0 Å². The molecule has 3 aliphatic rings. The number of nitrogens with two attached hydrogens (primary N) is 1. The predicted octanol–water partition coefficient (Wildman–Crippen LogP) is 4.07. The molecule has 1 aliphatic carbocycles. The van der Waals surface area contributed by atoms with E-state index >= 15 is 0 Å². The average molecular weight is 463 g/mol. The molecule has 1 atom stereocenters. The van der Waals surface area contributed by atoms with E-state index in [-0.39, 0.29) is 35.6 Å². The second kappa shape index (κ2) is 7.61.